The number of thioether (sulfide) groups is 1. The minimum Gasteiger partial charge on any atom is -0.379 e. The molecule has 0 radical (unpaired) electrons. The van der Waals surface area contributed by atoms with Crippen LogP contribution in [0.2, 0.25) is 0 Å². The number of non-ortho nitro benzene ring substituents is 1. The molecular weight excluding hydrogens is 499 g/mol. The summed E-state index contributed by atoms with van der Waals surface area (Å²) in [6, 6.07) is 16.0. The number of halogens is 1. The van der Waals surface area contributed by atoms with Crippen LogP contribution in [0.3, 0.4) is 0 Å². The first-order valence-electron chi connectivity index (χ1n) is 9.92. The third kappa shape index (κ3) is 5.39. The number of carbonyl (C=O) groups is 2. The van der Waals surface area contributed by atoms with Gasteiger partial charge in [-0.15, -0.1) is 0 Å². The molecule has 4 rings (SSSR count). The molecule has 9 nitrogen and oxygen atoms in total. The Balaban J connectivity index is 1.54. The fourth-order valence-corrected chi connectivity index (χ4v) is 4.97. The van der Waals surface area contributed by atoms with E-state index in [0.717, 1.165) is 23.1 Å². The lowest BCUT2D eigenvalue weighted by Gasteiger charge is -2.12. The summed E-state index contributed by atoms with van der Waals surface area (Å²) >= 11 is 0.675. The molecule has 1 aliphatic rings. The molecule has 2 amide bonds. The molecule has 178 valence electrons. The zero-order valence-corrected chi connectivity index (χ0v) is 19.3. The van der Waals surface area contributed by atoms with Crippen molar-refractivity contribution in [3.05, 3.63) is 105 Å². The highest BCUT2D eigenvalue weighted by atomic mass is 32.2. The quantitative estimate of drug-likeness (QED) is 0.192. The van der Waals surface area contributed by atoms with E-state index in [1.165, 1.54) is 48.5 Å². The number of nitro benzene ring substituents is 1. The number of rotatable bonds is 7. The van der Waals surface area contributed by atoms with Gasteiger partial charge in [-0.1, -0.05) is 36.4 Å². The Labute approximate surface area is 203 Å². The van der Waals surface area contributed by atoms with Crippen LogP contribution in [0.25, 0.3) is 6.08 Å². The maximum absolute atomic E-state index is 13.9. The van der Waals surface area contributed by atoms with Gasteiger partial charge in [-0.25, -0.2) is 4.39 Å². The van der Waals surface area contributed by atoms with Gasteiger partial charge in [0.25, 0.3) is 16.8 Å². The molecule has 0 N–H and O–H groups in total. The van der Waals surface area contributed by atoms with Gasteiger partial charge in [-0.05, 0) is 47.7 Å². The van der Waals surface area contributed by atoms with E-state index in [2.05, 4.69) is 0 Å². The highest BCUT2D eigenvalue weighted by Crippen LogP contribution is 2.34. The first-order valence-corrected chi connectivity index (χ1v) is 12.1. The Kier molecular flexibility index (Phi) is 6.67. The summed E-state index contributed by atoms with van der Waals surface area (Å²) < 4.78 is 44.2. The average molecular weight is 515 g/mol. The summed E-state index contributed by atoms with van der Waals surface area (Å²) in [4.78, 5) is 35.9. The molecule has 0 saturated carbocycles. The minimum atomic E-state index is -4.38. The van der Waals surface area contributed by atoms with E-state index in [-0.39, 0.29) is 22.8 Å². The van der Waals surface area contributed by atoms with Gasteiger partial charge in [0.15, 0.2) is 0 Å². The molecule has 3 aromatic carbocycles. The Hall–Kier alpha value is -4.03. The van der Waals surface area contributed by atoms with Crippen LogP contribution in [0.4, 0.5) is 14.9 Å². The lowest BCUT2D eigenvalue weighted by atomic mass is 10.2. The van der Waals surface area contributed by atoms with E-state index < -0.39 is 42.6 Å². The molecule has 0 aliphatic carbocycles. The zero-order valence-electron chi connectivity index (χ0n) is 17.7. The van der Waals surface area contributed by atoms with E-state index in [0.29, 0.717) is 17.3 Å². The van der Waals surface area contributed by atoms with Gasteiger partial charge in [0.05, 0.1) is 16.4 Å². The van der Waals surface area contributed by atoms with Crippen molar-refractivity contribution in [2.24, 2.45) is 0 Å². The standard InChI is InChI=1S/C23H15FN2O7S2/c24-20-10-2-1-6-16(20)14-25-22(27)21(34-23(25)28)12-15-5-3-8-18(11-15)33-35(31,32)19-9-4-7-17(13-19)26(29)30/h1-13H,14H2/b21-12-. The van der Waals surface area contributed by atoms with Gasteiger partial charge in [-0.3, -0.25) is 24.6 Å². The molecule has 12 heteroatoms. The SMILES string of the molecule is O=C1S/C(=C\c2cccc(OS(=O)(=O)c3cccc([N+](=O)[O-])c3)c2)C(=O)N1Cc1ccccc1F. The lowest BCUT2D eigenvalue weighted by Crippen LogP contribution is -2.27. The van der Waals surface area contributed by atoms with Crippen LogP contribution in [0.15, 0.2) is 82.6 Å². The van der Waals surface area contributed by atoms with Gasteiger partial charge in [-0.2, -0.15) is 8.42 Å². The van der Waals surface area contributed by atoms with Crippen LogP contribution >= 0.6 is 11.8 Å². The molecule has 35 heavy (non-hydrogen) atoms. The molecule has 1 saturated heterocycles. The summed E-state index contributed by atoms with van der Waals surface area (Å²) in [5.74, 6) is -1.25. The number of nitro groups is 1. The number of nitrogens with zero attached hydrogens (tertiary/aromatic N) is 2. The van der Waals surface area contributed by atoms with Crippen molar-refractivity contribution in [3.63, 3.8) is 0 Å². The zero-order chi connectivity index (χ0) is 25.2. The summed E-state index contributed by atoms with van der Waals surface area (Å²) in [7, 11) is -4.38. The van der Waals surface area contributed by atoms with E-state index in [1.807, 2.05) is 0 Å². The monoisotopic (exact) mass is 514 g/mol. The Bertz CT molecular complexity index is 1490. The van der Waals surface area contributed by atoms with Crippen LogP contribution in [0.1, 0.15) is 11.1 Å². The number of carbonyl (C=O) groups excluding carboxylic acids is 2. The normalized spacial score (nSPS) is 15.0. The maximum atomic E-state index is 13.9. The van der Waals surface area contributed by atoms with Gasteiger partial charge in [0, 0.05) is 17.7 Å². The Morgan fingerprint density at radius 2 is 1.77 bits per heavy atom. The summed E-state index contributed by atoms with van der Waals surface area (Å²) in [5.41, 5.74) is 0.153. The van der Waals surface area contributed by atoms with E-state index in [1.54, 1.807) is 12.1 Å². The molecular formula is C23H15FN2O7S2. The third-order valence-corrected chi connectivity index (χ3v) is 6.99. The number of imide groups is 1. The maximum Gasteiger partial charge on any atom is 0.339 e. The lowest BCUT2D eigenvalue weighted by molar-refractivity contribution is -0.385. The number of hydrogen-bond donors (Lipinski definition) is 0. The minimum absolute atomic E-state index is 0.0741. The molecule has 0 aromatic heterocycles. The predicted octanol–water partition coefficient (Wildman–Crippen LogP) is 4.74. The van der Waals surface area contributed by atoms with Crippen molar-refractivity contribution in [1.82, 2.24) is 4.90 Å². The Morgan fingerprint density at radius 1 is 1.03 bits per heavy atom. The average Bonchev–Trinajstić information content (AvgIpc) is 3.07. The summed E-state index contributed by atoms with van der Waals surface area (Å²) in [6.45, 7) is -0.223. The number of amides is 2. The molecule has 0 spiro atoms. The second-order valence-electron chi connectivity index (χ2n) is 7.22. The van der Waals surface area contributed by atoms with Crippen molar-refractivity contribution >= 4 is 44.8 Å². The molecule has 3 aromatic rings. The van der Waals surface area contributed by atoms with Crippen LogP contribution in [-0.4, -0.2) is 29.4 Å². The van der Waals surface area contributed by atoms with Crippen molar-refractivity contribution in [2.45, 2.75) is 11.4 Å². The van der Waals surface area contributed by atoms with Crippen LogP contribution in [0.5, 0.6) is 5.75 Å². The number of benzene rings is 3. The van der Waals surface area contributed by atoms with E-state index in [9.17, 15) is 32.5 Å². The predicted molar refractivity (Wildman–Crippen MR) is 125 cm³/mol. The van der Waals surface area contributed by atoms with E-state index in [4.69, 9.17) is 4.18 Å². The molecule has 0 unspecified atom stereocenters. The second-order valence-corrected chi connectivity index (χ2v) is 9.76. The Morgan fingerprint density at radius 3 is 2.51 bits per heavy atom. The van der Waals surface area contributed by atoms with Crippen molar-refractivity contribution in [1.29, 1.82) is 0 Å². The first-order chi connectivity index (χ1) is 16.6. The topological polar surface area (TPSA) is 124 Å². The van der Waals surface area contributed by atoms with Crippen LogP contribution in [-0.2, 0) is 21.5 Å². The molecule has 0 bridgehead atoms. The fourth-order valence-electron chi connectivity index (χ4n) is 3.17. The second kappa shape index (κ2) is 9.68. The molecule has 1 aliphatic heterocycles. The largest absolute Gasteiger partial charge is 0.379 e. The van der Waals surface area contributed by atoms with E-state index >= 15 is 0 Å². The van der Waals surface area contributed by atoms with Gasteiger partial charge in [0.1, 0.15) is 16.5 Å². The summed E-state index contributed by atoms with van der Waals surface area (Å²) in [5, 5.41) is 10.4. The number of hydrogen-bond acceptors (Lipinski definition) is 8. The van der Waals surface area contributed by atoms with Crippen molar-refractivity contribution < 1.29 is 31.5 Å². The molecule has 1 fully saturated rings. The fraction of sp³-hybridized carbons (Fsp3) is 0.0435. The molecule has 1 heterocycles. The van der Waals surface area contributed by atoms with Gasteiger partial charge < -0.3 is 4.18 Å². The highest BCUT2D eigenvalue weighted by molar-refractivity contribution is 8.18. The van der Waals surface area contributed by atoms with Crippen molar-refractivity contribution in [2.75, 3.05) is 0 Å². The highest BCUT2D eigenvalue weighted by Gasteiger charge is 2.35. The molecule has 0 atom stereocenters. The van der Waals surface area contributed by atoms with Gasteiger partial charge in [0.2, 0.25) is 0 Å². The third-order valence-electron chi connectivity index (χ3n) is 4.84. The van der Waals surface area contributed by atoms with Gasteiger partial charge >= 0.3 is 10.1 Å². The van der Waals surface area contributed by atoms with Crippen LogP contribution < -0.4 is 4.18 Å². The summed E-state index contributed by atoms with van der Waals surface area (Å²) in [6.07, 6.45) is 1.39. The first kappa shape index (κ1) is 24.1. The smallest absolute Gasteiger partial charge is 0.339 e. The van der Waals surface area contributed by atoms with Crippen molar-refractivity contribution in [3.8, 4) is 5.75 Å². The van der Waals surface area contributed by atoms with Crippen LogP contribution in [0, 0.1) is 15.9 Å².